The Morgan fingerprint density at radius 2 is 1.64 bits per heavy atom. The number of nitro benzene ring substituents is 2. The van der Waals surface area contributed by atoms with E-state index in [0.29, 0.717) is 11.6 Å². The average Bonchev–Trinajstić information content (AvgIpc) is 3.12. The van der Waals surface area contributed by atoms with E-state index in [0.717, 1.165) is 28.7 Å². The van der Waals surface area contributed by atoms with Gasteiger partial charge in [0.1, 0.15) is 11.6 Å². The third-order valence-corrected chi connectivity index (χ3v) is 4.09. The van der Waals surface area contributed by atoms with Crippen molar-refractivity contribution in [3.05, 3.63) is 87.0 Å². The Morgan fingerprint density at radius 1 is 0.893 bits per heavy atom. The van der Waals surface area contributed by atoms with Crippen LogP contribution in [0.15, 0.2) is 66.7 Å². The van der Waals surface area contributed by atoms with E-state index in [1.54, 1.807) is 24.3 Å². The molecule has 1 N–H and O–H groups in total. The molecule has 9 nitrogen and oxygen atoms in total. The summed E-state index contributed by atoms with van der Waals surface area (Å²) in [5.74, 6) is 0.970. The van der Waals surface area contributed by atoms with E-state index < -0.39 is 15.5 Å². The quantitative estimate of drug-likeness (QED) is 0.392. The number of para-hydroxylation sites is 2. The highest BCUT2D eigenvalue weighted by atomic mass is 16.6. The van der Waals surface area contributed by atoms with Crippen LogP contribution < -0.4 is 4.74 Å². The molecule has 0 unspecified atom stereocenters. The van der Waals surface area contributed by atoms with Crippen LogP contribution in [0.3, 0.4) is 0 Å². The van der Waals surface area contributed by atoms with Crippen molar-refractivity contribution >= 4 is 22.4 Å². The SMILES string of the molecule is O=[N+]([O-])c1ccc(Oc2ccc(-c3nc4ccccc4[nH]3)cc2)c([N+](=O)[O-])c1. The highest BCUT2D eigenvalue weighted by molar-refractivity contribution is 5.79. The van der Waals surface area contributed by atoms with Gasteiger partial charge in [0.15, 0.2) is 0 Å². The summed E-state index contributed by atoms with van der Waals surface area (Å²) in [5.41, 5.74) is 1.73. The molecule has 0 radical (unpaired) electrons. The number of ether oxygens (including phenoxy) is 1. The first-order chi connectivity index (χ1) is 13.5. The van der Waals surface area contributed by atoms with Crippen molar-refractivity contribution in [1.82, 2.24) is 9.97 Å². The van der Waals surface area contributed by atoms with Crippen LogP contribution in [0.1, 0.15) is 0 Å². The van der Waals surface area contributed by atoms with Crippen LogP contribution in [-0.4, -0.2) is 19.8 Å². The highest BCUT2D eigenvalue weighted by Gasteiger charge is 2.21. The average molecular weight is 376 g/mol. The van der Waals surface area contributed by atoms with Gasteiger partial charge >= 0.3 is 5.69 Å². The number of hydrogen-bond acceptors (Lipinski definition) is 6. The van der Waals surface area contributed by atoms with Crippen LogP contribution in [0.25, 0.3) is 22.4 Å². The monoisotopic (exact) mass is 376 g/mol. The van der Waals surface area contributed by atoms with Crippen LogP contribution in [0.5, 0.6) is 11.5 Å². The predicted octanol–water partition coefficient (Wildman–Crippen LogP) is 4.84. The van der Waals surface area contributed by atoms with Crippen LogP contribution >= 0.6 is 0 Å². The van der Waals surface area contributed by atoms with Crippen molar-refractivity contribution in [2.75, 3.05) is 0 Å². The van der Waals surface area contributed by atoms with E-state index in [2.05, 4.69) is 9.97 Å². The Morgan fingerprint density at radius 3 is 2.32 bits per heavy atom. The van der Waals surface area contributed by atoms with Gasteiger partial charge in [0.05, 0.1) is 26.9 Å². The fraction of sp³-hybridized carbons (Fsp3) is 0. The molecule has 0 aliphatic carbocycles. The number of non-ortho nitro benzene ring substituents is 1. The Balaban J connectivity index is 1.61. The minimum absolute atomic E-state index is 0.0768. The summed E-state index contributed by atoms with van der Waals surface area (Å²) < 4.78 is 5.56. The number of nitrogens with zero attached hydrogens (tertiary/aromatic N) is 3. The summed E-state index contributed by atoms with van der Waals surface area (Å²) in [7, 11) is 0. The fourth-order valence-corrected chi connectivity index (χ4v) is 2.75. The lowest BCUT2D eigenvalue weighted by atomic mass is 10.2. The van der Waals surface area contributed by atoms with Crippen molar-refractivity contribution in [3.63, 3.8) is 0 Å². The Hall–Kier alpha value is -4.27. The maximum absolute atomic E-state index is 11.2. The fourth-order valence-electron chi connectivity index (χ4n) is 2.75. The normalized spacial score (nSPS) is 10.7. The van der Waals surface area contributed by atoms with Crippen LogP contribution in [0.2, 0.25) is 0 Å². The van der Waals surface area contributed by atoms with Crippen LogP contribution in [0, 0.1) is 20.2 Å². The summed E-state index contributed by atoms with van der Waals surface area (Å²) in [4.78, 5) is 28.3. The van der Waals surface area contributed by atoms with Crippen molar-refractivity contribution in [3.8, 4) is 22.9 Å². The summed E-state index contributed by atoms with van der Waals surface area (Å²) in [5, 5.41) is 22.0. The molecule has 9 heteroatoms. The van der Waals surface area contributed by atoms with Crippen molar-refractivity contribution < 1.29 is 14.6 Å². The summed E-state index contributed by atoms with van der Waals surface area (Å²) in [6.45, 7) is 0. The molecular formula is C19H12N4O5. The van der Waals surface area contributed by atoms with Crippen molar-refractivity contribution in [1.29, 1.82) is 0 Å². The molecule has 0 saturated carbocycles. The van der Waals surface area contributed by atoms with E-state index in [9.17, 15) is 20.2 Å². The highest BCUT2D eigenvalue weighted by Crippen LogP contribution is 2.35. The van der Waals surface area contributed by atoms with Gasteiger partial charge in [-0.05, 0) is 42.5 Å². The molecule has 0 amide bonds. The number of aromatic amines is 1. The van der Waals surface area contributed by atoms with Gasteiger partial charge in [-0.2, -0.15) is 0 Å². The zero-order valence-corrected chi connectivity index (χ0v) is 14.2. The van der Waals surface area contributed by atoms with Gasteiger partial charge < -0.3 is 9.72 Å². The standard InChI is InChI=1S/C19H12N4O5/c24-22(25)13-7-10-18(17(11-13)23(26)27)28-14-8-5-12(6-9-14)19-20-15-3-1-2-4-16(15)21-19/h1-11H,(H,20,21). The third-order valence-electron chi connectivity index (χ3n) is 4.09. The van der Waals surface area contributed by atoms with Gasteiger partial charge in [-0.15, -0.1) is 0 Å². The lowest BCUT2D eigenvalue weighted by Crippen LogP contribution is -1.96. The number of fused-ring (bicyclic) bond motifs is 1. The summed E-state index contributed by atoms with van der Waals surface area (Å²) in [6.07, 6.45) is 0. The van der Waals surface area contributed by atoms with Gasteiger partial charge in [-0.25, -0.2) is 4.98 Å². The van der Waals surface area contributed by atoms with Crippen molar-refractivity contribution in [2.45, 2.75) is 0 Å². The van der Waals surface area contributed by atoms with E-state index in [1.165, 1.54) is 6.07 Å². The number of hydrogen-bond donors (Lipinski definition) is 1. The molecule has 0 atom stereocenters. The van der Waals surface area contributed by atoms with E-state index >= 15 is 0 Å². The first-order valence-electron chi connectivity index (χ1n) is 8.17. The molecule has 0 bridgehead atoms. The van der Waals surface area contributed by atoms with E-state index in [-0.39, 0.29) is 11.4 Å². The molecule has 0 aliphatic rings. The second-order valence-corrected chi connectivity index (χ2v) is 5.90. The molecule has 4 aromatic rings. The van der Waals surface area contributed by atoms with E-state index in [4.69, 9.17) is 4.74 Å². The second kappa shape index (κ2) is 6.80. The predicted molar refractivity (Wildman–Crippen MR) is 101 cm³/mol. The molecule has 0 saturated heterocycles. The summed E-state index contributed by atoms with van der Waals surface area (Å²) in [6, 6.07) is 17.7. The molecule has 0 spiro atoms. The maximum atomic E-state index is 11.2. The number of nitrogens with one attached hydrogen (secondary N) is 1. The first-order valence-corrected chi connectivity index (χ1v) is 8.17. The zero-order chi connectivity index (χ0) is 19.7. The molecule has 4 rings (SSSR count). The maximum Gasteiger partial charge on any atom is 0.318 e. The number of rotatable bonds is 5. The minimum Gasteiger partial charge on any atom is -0.450 e. The van der Waals surface area contributed by atoms with Gasteiger partial charge in [0.2, 0.25) is 5.75 Å². The molecule has 0 fully saturated rings. The molecule has 3 aromatic carbocycles. The van der Waals surface area contributed by atoms with E-state index in [1.807, 2.05) is 24.3 Å². The van der Waals surface area contributed by atoms with Crippen LogP contribution in [-0.2, 0) is 0 Å². The van der Waals surface area contributed by atoms with Gasteiger partial charge in [0.25, 0.3) is 5.69 Å². The Bertz CT molecular complexity index is 1170. The first kappa shape index (κ1) is 17.2. The zero-order valence-electron chi connectivity index (χ0n) is 14.2. The largest absolute Gasteiger partial charge is 0.450 e. The number of aromatic nitrogens is 2. The molecule has 0 aliphatic heterocycles. The van der Waals surface area contributed by atoms with Gasteiger partial charge in [-0.3, -0.25) is 20.2 Å². The summed E-state index contributed by atoms with van der Waals surface area (Å²) >= 11 is 0. The third kappa shape index (κ3) is 3.23. The van der Waals surface area contributed by atoms with Crippen molar-refractivity contribution in [2.24, 2.45) is 0 Å². The molecular weight excluding hydrogens is 364 g/mol. The van der Waals surface area contributed by atoms with Crippen LogP contribution in [0.4, 0.5) is 11.4 Å². The van der Waals surface area contributed by atoms with Gasteiger partial charge in [-0.1, -0.05) is 12.1 Å². The smallest absolute Gasteiger partial charge is 0.318 e. The second-order valence-electron chi connectivity index (χ2n) is 5.90. The molecule has 138 valence electrons. The minimum atomic E-state index is -0.717. The lowest BCUT2D eigenvalue weighted by molar-refractivity contribution is -0.394. The molecule has 1 heterocycles. The number of nitro groups is 2. The number of benzene rings is 3. The Labute approximate surface area is 157 Å². The molecule has 1 aromatic heterocycles. The molecule has 28 heavy (non-hydrogen) atoms. The number of imidazole rings is 1. The topological polar surface area (TPSA) is 124 Å². The van der Waals surface area contributed by atoms with Gasteiger partial charge in [0, 0.05) is 11.6 Å². The number of H-pyrrole nitrogens is 1. The Kier molecular flexibility index (Phi) is 4.17. The lowest BCUT2D eigenvalue weighted by Gasteiger charge is -2.07.